The van der Waals surface area contributed by atoms with Crippen LogP contribution in [0, 0.1) is 5.82 Å². The zero-order chi connectivity index (χ0) is 24.8. The summed E-state index contributed by atoms with van der Waals surface area (Å²) in [5.41, 5.74) is 1.59. The number of anilines is 1. The van der Waals surface area contributed by atoms with E-state index in [-0.39, 0.29) is 17.1 Å². The van der Waals surface area contributed by atoms with Crippen molar-refractivity contribution in [2.45, 2.75) is 11.0 Å². The molecule has 0 saturated carbocycles. The van der Waals surface area contributed by atoms with Gasteiger partial charge in [0, 0.05) is 24.8 Å². The van der Waals surface area contributed by atoms with Crippen molar-refractivity contribution in [3.05, 3.63) is 78.1 Å². The summed E-state index contributed by atoms with van der Waals surface area (Å²) < 4.78 is 51.7. The Kier molecular flexibility index (Phi) is 7.49. The molecular formula is C24H25FN4O5S. The maximum Gasteiger partial charge on any atom is 0.261 e. The Hall–Kier alpha value is -3.67. The van der Waals surface area contributed by atoms with Crippen molar-refractivity contribution in [3.63, 3.8) is 0 Å². The van der Waals surface area contributed by atoms with Gasteiger partial charge in [0.2, 0.25) is 5.88 Å². The van der Waals surface area contributed by atoms with Crippen molar-refractivity contribution < 1.29 is 27.4 Å². The van der Waals surface area contributed by atoms with Crippen LogP contribution in [0.3, 0.4) is 0 Å². The number of aromatic nitrogens is 2. The molecule has 0 saturated heterocycles. The first-order chi connectivity index (χ1) is 16.9. The van der Waals surface area contributed by atoms with Gasteiger partial charge in [-0.1, -0.05) is 18.2 Å². The zero-order valence-corrected chi connectivity index (χ0v) is 19.7. The second kappa shape index (κ2) is 10.7. The van der Waals surface area contributed by atoms with Gasteiger partial charge in [0.15, 0.2) is 0 Å². The fourth-order valence-electron chi connectivity index (χ4n) is 3.47. The number of H-pyrrole nitrogens is 1. The van der Waals surface area contributed by atoms with Crippen LogP contribution in [0.25, 0.3) is 10.9 Å². The Morgan fingerprint density at radius 1 is 1.11 bits per heavy atom. The summed E-state index contributed by atoms with van der Waals surface area (Å²) in [4.78, 5) is -0.184. The Balaban J connectivity index is 1.27. The molecule has 0 bridgehead atoms. The maximum atomic E-state index is 13.4. The van der Waals surface area contributed by atoms with Crippen LogP contribution in [0.1, 0.15) is 11.7 Å². The minimum atomic E-state index is -3.96. The van der Waals surface area contributed by atoms with Gasteiger partial charge in [-0.2, -0.15) is 0 Å². The smallest absolute Gasteiger partial charge is 0.261 e. The van der Waals surface area contributed by atoms with Gasteiger partial charge in [-0.15, -0.1) is 5.10 Å². The number of sulfonamides is 1. The van der Waals surface area contributed by atoms with Gasteiger partial charge in [-0.3, -0.25) is 9.82 Å². The quantitative estimate of drug-likeness (QED) is 0.233. The van der Waals surface area contributed by atoms with Crippen molar-refractivity contribution in [1.82, 2.24) is 15.5 Å². The van der Waals surface area contributed by atoms with Crippen molar-refractivity contribution in [2.75, 3.05) is 31.5 Å². The monoisotopic (exact) mass is 500 g/mol. The molecule has 0 aliphatic rings. The average molecular weight is 501 g/mol. The number of hydrogen-bond donors (Lipinski definition) is 4. The standard InChI is InChI=1S/C24H25FN4O5S/c1-33-24-21-9-8-19(14-22(21)27-28-24)34-11-10-26-15-23(30)16-4-2-6-18(12-16)29-35(31,32)20-7-3-5-17(25)13-20/h2-9,12-14,23,26,29-30H,10-11,15H2,1H3,(H,27,28). The SMILES string of the molecule is COc1n[nH]c2cc(OCCNCC(O)c3cccc(NS(=O)(=O)c4cccc(F)c4)c3)ccc12. The molecule has 3 aromatic carbocycles. The van der Waals surface area contributed by atoms with Crippen molar-refractivity contribution in [1.29, 1.82) is 0 Å². The number of rotatable bonds is 11. The number of nitrogens with one attached hydrogen (secondary N) is 3. The lowest BCUT2D eigenvalue weighted by molar-refractivity contribution is 0.172. The molecule has 1 aromatic heterocycles. The number of fused-ring (bicyclic) bond motifs is 1. The second-order valence-electron chi connectivity index (χ2n) is 7.70. The molecule has 1 heterocycles. The largest absolute Gasteiger partial charge is 0.492 e. The molecule has 0 amide bonds. The normalized spacial score (nSPS) is 12.4. The number of aromatic amines is 1. The van der Waals surface area contributed by atoms with E-state index in [0.29, 0.717) is 30.3 Å². The molecule has 4 aromatic rings. The van der Waals surface area contributed by atoms with Crippen LogP contribution in [0.5, 0.6) is 11.6 Å². The first kappa shape index (κ1) is 24.5. The number of halogens is 1. The number of ether oxygens (including phenoxy) is 2. The van der Waals surface area contributed by atoms with Gasteiger partial charge in [-0.05, 0) is 48.0 Å². The van der Waals surface area contributed by atoms with Gasteiger partial charge in [0.25, 0.3) is 10.0 Å². The highest BCUT2D eigenvalue weighted by Crippen LogP contribution is 2.26. The van der Waals surface area contributed by atoms with Crippen molar-refractivity contribution in [3.8, 4) is 11.6 Å². The Bertz CT molecular complexity index is 1410. The van der Waals surface area contributed by atoms with E-state index in [0.717, 1.165) is 17.0 Å². The first-order valence-electron chi connectivity index (χ1n) is 10.8. The Morgan fingerprint density at radius 3 is 2.74 bits per heavy atom. The number of hydrogen-bond acceptors (Lipinski definition) is 7. The molecule has 0 spiro atoms. The van der Waals surface area contributed by atoms with E-state index in [9.17, 15) is 17.9 Å². The highest BCUT2D eigenvalue weighted by Gasteiger charge is 2.16. The van der Waals surface area contributed by atoms with Crippen molar-refractivity contribution >= 4 is 26.6 Å². The fourth-order valence-corrected chi connectivity index (χ4v) is 4.55. The molecule has 0 fully saturated rings. The molecule has 0 radical (unpaired) electrons. The number of aliphatic hydroxyl groups excluding tert-OH is 1. The number of aliphatic hydroxyl groups is 1. The van der Waals surface area contributed by atoms with Crippen LogP contribution in [0.2, 0.25) is 0 Å². The maximum absolute atomic E-state index is 13.4. The van der Waals surface area contributed by atoms with Crippen LogP contribution in [0.4, 0.5) is 10.1 Å². The van der Waals surface area contributed by atoms with Crippen LogP contribution in [0.15, 0.2) is 71.6 Å². The number of methoxy groups -OCH3 is 1. The highest BCUT2D eigenvalue weighted by molar-refractivity contribution is 7.92. The van der Waals surface area contributed by atoms with Crippen LogP contribution < -0.4 is 19.5 Å². The average Bonchev–Trinajstić information content (AvgIpc) is 3.26. The molecule has 0 aliphatic heterocycles. The Morgan fingerprint density at radius 2 is 1.94 bits per heavy atom. The van der Waals surface area contributed by atoms with E-state index in [1.807, 2.05) is 18.2 Å². The van der Waals surface area contributed by atoms with Crippen LogP contribution in [-0.4, -0.2) is 50.5 Å². The van der Waals surface area contributed by atoms with E-state index in [1.165, 1.54) is 24.3 Å². The predicted octanol–water partition coefficient (Wildman–Crippen LogP) is 3.21. The van der Waals surface area contributed by atoms with Gasteiger partial charge in [-0.25, -0.2) is 12.8 Å². The topological polar surface area (TPSA) is 126 Å². The predicted molar refractivity (Wildman–Crippen MR) is 130 cm³/mol. The first-order valence-corrected chi connectivity index (χ1v) is 12.3. The molecular weight excluding hydrogens is 475 g/mol. The summed E-state index contributed by atoms with van der Waals surface area (Å²) >= 11 is 0. The summed E-state index contributed by atoms with van der Waals surface area (Å²) in [7, 11) is -2.40. The molecule has 184 valence electrons. The summed E-state index contributed by atoms with van der Waals surface area (Å²) in [6.45, 7) is 1.09. The van der Waals surface area contributed by atoms with E-state index in [1.54, 1.807) is 25.3 Å². The molecule has 0 aliphatic carbocycles. The zero-order valence-electron chi connectivity index (χ0n) is 18.9. The van der Waals surface area contributed by atoms with E-state index in [2.05, 4.69) is 20.2 Å². The van der Waals surface area contributed by atoms with Crippen LogP contribution >= 0.6 is 0 Å². The number of benzene rings is 3. The molecule has 4 N–H and O–H groups in total. The molecule has 4 rings (SSSR count). The van der Waals surface area contributed by atoms with Crippen LogP contribution in [-0.2, 0) is 10.0 Å². The van der Waals surface area contributed by atoms with Crippen molar-refractivity contribution in [2.24, 2.45) is 0 Å². The minimum absolute atomic E-state index is 0.184. The van der Waals surface area contributed by atoms with Gasteiger partial charge in [0.1, 0.15) is 18.2 Å². The van der Waals surface area contributed by atoms with E-state index in [4.69, 9.17) is 9.47 Å². The third kappa shape index (κ3) is 6.07. The fraction of sp³-hybridized carbons (Fsp3) is 0.208. The Labute approximate surface area is 201 Å². The number of nitrogens with zero attached hydrogens (tertiary/aromatic N) is 1. The molecule has 1 atom stereocenters. The third-order valence-electron chi connectivity index (χ3n) is 5.21. The molecule has 35 heavy (non-hydrogen) atoms. The van der Waals surface area contributed by atoms with E-state index >= 15 is 0 Å². The van der Waals surface area contributed by atoms with E-state index < -0.39 is 21.9 Å². The molecule has 9 nitrogen and oxygen atoms in total. The summed E-state index contributed by atoms with van der Waals surface area (Å²) in [5, 5.41) is 21.4. The second-order valence-corrected chi connectivity index (χ2v) is 9.38. The molecule has 1 unspecified atom stereocenters. The summed E-state index contributed by atoms with van der Waals surface area (Å²) in [5.74, 6) is 0.548. The lowest BCUT2D eigenvalue weighted by atomic mass is 10.1. The van der Waals surface area contributed by atoms with Gasteiger partial charge >= 0.3 is 0 Å². The lowest BCUT2D eigenvalue weighted by Crippen LogP contribution is -2.26. The lowest BCUT2D eigenvalue weighted by Gasteiger charge is -2.15. The summed E-state index contributed by atoms with van der Waals surface area (Å²) in [6.07, 6.45) is -0.873. The third-order valence-corrected chi connectivity index (χ3v) is 6.59. The minimum Gasteiger partial charge on any atom is -0.492 e. The highest BCUT2D eigenvalue weighted by atomic mass is 32.2. The van der Waals surface area contributed by atoms with Gasteiger partial charge in [0.05, 0.1) is 29.0 Å². The molecule has 11 heteroatoms. The van der Waals surface area contributed by atoms with Gasteiger partial charge < -0.3 is 19.9 Å². The summed E-state index contributed by atoms with van der Waals surface area (Å²) in [6, 6.07) is 16.7.